The summed E-state index contributed by atoms with van der Waals surface area (Å²) in [6.45, 7) is 3.00. The molecular weight excluding hydrogens is 349 g/mol. The molecule has 0 aliphatic heterocycles. The molecule has 2 aromatic carbocycles. The van der Waals surface area contributed by atoms with Crippen LogP contribution in [0.25, 0.3) is 0 Å². The quantitative estimate of drug-likeness (QED) is 0.783. The number of methoxy groups -OCH3 is 1. The van der Waals surface area contributed by atoms with E-state index in [0.29, 0.717) is 22.7 Å². The van der Waals surface area contributed by atoms with Gasteiger partial charge in [0.2, 0.25) is 0 Å². The Kier molecular flexibility index (Phi) is 5.98. The summed E-state index contributed by atoms with van der Waals surface area (Å²) in [6, 6.07) is 8.56. The van der Waals surface area contributed by atoms with Crippen molar-refractivity contribution < 1.29 is 23.5 Å². The SMILES string of the molecule is COc1cc(C(C)=O)ccc1O[C@H](C)C(=O)Nc1ccc(F)c(Cl)c1. The summed E-state index contributed by atoms with van der Waals surface area (Å²) >= 11 is 5.68. The highest BCUT2D eigenvalue weighted by molar-refractivity contribution is 6.31. The molecule has 1 atom stereocenters. The fourth-order valence-electron chi connectivity index (χ4n) is 2.05. The molecule has 0 aliphatic rings. The summed E-state index contributed by atoms with van der Waals surface area (Å²) in [4.78, 5) is 23.6. The van der Waals surface area contributed by atoms with Crippen molar-refractivity contribution in [3.8, 4) is 11.5 Å². The topological polar surface area (TPSA) is 64.6 Å². The molecule has 0 bridgehead atoms. The van der Waals surface area contributed by atoms with E-state index in [2.05, 4.69) is 5.32 Å². The fourth-order valence-corrected chi connectivity index (χ4v) is 2.23. The molecule has 0 spiro atoms. The fraction of sp³-hybridized carbons (Fsp3) is 0.222. The number of carbonyl (C=O) groups is 2. The van der Waals surface area contributed by atoms with Gasteiger partial charge < -0.3 is 14.8 Å². The maximum atomic E-state index is 13.1. The molecule has 132 valence electrons. The zero-order valence-corrected chi connectivity index (χ0v) is 14.7. The number of Topliss-reactive ketones (excluding diaryl/α,β-unsaturated/α-hetero) is 1. The molecule has 0 saturated carbocycles. The molecule has 0 saturated heterocycles. The van der Waals surface area contributed by atoms with Gasteiger partial charge in [-0.25, -0.2) is 4.39 Å². The summed E-state index contributed by atoms with van der Waals surface area (Å²) < 4.78 is 23.9. The first kappa shape index (κ1) is 18.7. The highest BCUT2D eigenvalue weighted by atomic mass is 35.5. The van der Waals surface area contributed by atoms with E-state index < -0.39 is 17.8 Å². The number of ether oxygens (including phenoxy) is 2. The van der Waals surface area contributed by atoms with Gasteiger partial charge in [-0.2, -0.15) is 0 Å². The minimum atomic E-state index is -0.860. The predicted octanol–water partition coefficient (Wildman–Crippen LogP) is 4.10. The third kappa shape index (κ3) is 4.70. The van der Waals surface area contributed by atoms with Gasteiger partial charge in [0.1, 0.15) is 5.82 Å². The number of ketones is 1. The van der Waals surface area contributed by atoms with Crippen LogP contribution in [0.1, 0.15) is 24.2 Å². The van der Waals surface area contributed by atoms with Crippen LogP contribution in [0, 0.1) is 5.82 Å². The van der Waals surface area contributed by atoms with E-state index in [4.69, 9.17) is 21.1 Å². The number of rotatable bonds is 6. The Balaban J connectivity index is 2.10. The summed E-state index contributed by atoms with van der Waals surface area (Å²) in [6.07, 6.45) is -0.860. The Morgan fingerprint density at radius 2 is 1.88 bits per heavy atom. The van der Waals surface area contributed by atoms with E-state index in [1.807, 2.05) is 0 Å². The Morgan fingerprint density at radius 3 is 2.48 bits per heavy atom. The molecule has 0 aliphatic carbocycles. The van der Waals surface area contributed by atoms with E-state index in [1.165, 1.54) is 26.2 Å². The number of amides is 1. The van der Waals surface area contributed by atoms with Crippen molar-refractivity contribution >= 4 is 29.0 Å². The molecule has 0 fully saturated rings. The van der Waals surface area contributed by atoms with Gasteiger partial charge >= 0.3 is 0 Å². The first-order valence-corrected chi connectivity index (χ1v) is 7.81. The molecule has 0 aromatic heterocycles. The van der Waals surface area contributed by atoms with E-state index in [9.17, 15) is 14.0 Å². The molecule has 0 heterocycles. The lowest BCUT2D eigenvalue weighted by Crippen LogP contribution is -2.30. The van der Waals surface area contributed by atoms with Crippen LogP contribution in [0.5, 0.6) is 11.5 Å². The third-order valence-corrected chi connectivity index (χ3v) is 3.72. The average molecular weight is 366 g/mol. The number of anilines is 1. The molecule has 25 heavy (non-hydrogen) atoms. The molecule has 2 aromatic rings. The molecule has 1 amide bonds. The summed E-state index contributed by atoms with van der Waals surface area (Å²) in [5, 5.41) is 2.50. The van der Waals surface area contributed by atoms with Crippen LogP contribution in [-0.4, -0.2) is 24.9 Å². The number of halogens is 2. The Hall–Kier alpha value is -2.60. The molecule has 5 nitrogen and oxygen atoms in total. The third-order valence-electron chi connectivity index (χ3n) is 3.43. The predicted molar refractivity (Wildman–Crippen MR) is 93.1 cm³/mol. The highest BCUT2D eigenvalue weighted by Gasteiger charge is 2.18. The zero-order chi connectivity index (χ0) is 18.6. The van der Waals surface area contributed by atoms with Gasteiger partial charge in [0.05, 0.1) is 12.1 Å². The van der Waals surface area contributed by atoms with Crippen molar-refractivity contribution in [1.82, 2.24) is 0 Å². The van der Waals surface area contributed by atoms with Crippen LogP contribution in [0.15, 0.2) is 36.4 Å². The van der Waals surface area contributed by atoms with Gasteiger partial charge in [0.25, 0.3) is 5.91 Å². The molecule has 7 heteroatoms. The lowest BCUT2D eigenvalue weighted by molar-refractivity contribution is -0.122. The summed E-state index contributed by atoms with van der Waals surface area (Å²) in [5.74, 6) is -0.451. The molecular formula is C18H17ClFNO4. The van der Waals surface area contributed by atoms with Crippen LogP contribution < -0.4 is 14.8 Å². The number of carbonyl (C=O) groups excluding carboxylic acids is 2. The largest absolute Gasteiger partial charge is 0.493 e. The van der Waals surface area contributed by atoms with Crippen molar-refractivity contribution in [2.75, 3.05) is 12.4 Å². The van der Waals surface area contributed by atoms with Crippen LogP contribution in [0.3, 0.4) is 0 Å². The second-order valence-electron chi connectivity index (χ2n) is 5.30. The molecule has 2 rings (SSSR count). The maximum Gasteiger partial charge on any atom is 0.265 e. The van der Waals surface area contributed by atoms with Gasteiger partial charge in [-0.3, -0.25) is 9.59 Å². The van der Waals surface area contributed by atoms with E-state index in [0.717, 1.165) is 6.07 Å². The maximum absolute atomic E-state index is 13.1. The molecule has 1 N–H and O–H groups in total. The average Bonchev–Trinajstić information content (AvgIpc) is 2.58. The van der Waals surface area contributed by atoms with Gasteiger partial charge in [-0.1, -0.05) is 11.6 Å². The first-order chi connectivity index (χ1) is 11.8. The van der Waals surface area contributed by atoms with E-state index >= 15 is 0 Å². The second-order valence-corrected chi connectivity index (χ2v) is 5.71. The van der Waals surface area contributed by atoms with Crippen LogP contribution in [0.2, 0.25) is 5.02 Å². The van der Waals surface area contributed by atoms with E-state index in [-0.39, 0.29) is 10.8 Å². The molecule has 0 unspecified atom stereocenters. The van der Waals surface area contributed by atoms with Crippen LogP contribution in [0.4, 0.5) is 10.1 Å². The van der Waals surface area contributed by atoms with Gasteiger partial charge in [0, 0.05) is 11.3 Å². The number of hydrogen-bond acceptors (Lipinski definition) is 4. The standard InChI is InChI=1S/C18H17ClFNO4/c1-10(22)12-4-7-16(17(8-12)24-3)25-11(2)18(23)21-13-5-6-15(20)14(19)9-13/h4-9,11H,1-3H3,(H,21,23)/t11-/m1/s1. The van der Waals surface area contributed by atoms with Gasteiger partial charge in [-0.05, 0) is 50.2 Å². The lowest BCUT2D eigenvalue weighted by atomic mass is 10.1. The monoisotopic (exact) mass is 365 g/mol. The Morgan fingerprint density at radius 1 is 1.16 bits per heavy atom. The van der Waals surface area contributed by atoms with Crippen molar-refractivity contribution in [2.45, 2.75) is 20.0 Å². The van der Waals surface area contributed by atoms with Gasteiger partial charge in [0.15, 0.2) is 23.4 Å². The summed E-state index contributed by atoms with van der Waals surface area (Å²) in [5.41, 5.74) is 0.827. The van der Waals surface area contributed by atoms with Crippen molar-refractivity contribution in [3.63, 3.8) is 0 Å². The zero-order valence-electron chi connectivity index (χ0n) is 13.9. The minimum Gasteiger partial charge on any atom is -0.493 e. The van der Waals surface area contributed by atoms with Crippen LogP contribution >= 0.6 is 11.6 Å². The number of hydrogen-bond donors (Lipinski definition) is 1. The normalized spacial score (nSPS) is 11.6. The number of benzene rings is 2. The van der Waals surface area contributed by atoms with Crippen molar-refractivity contribution in [3.05, 3.63) is 52.8 Å². The summed E-state index contributed by atoms with van der Waals surface area (Å²) in [7, 11) is 1.44. The molecule has 0 radical (unpaired) electrons. The number of nitrogens with one attached hydrogen (secondary N) is 1. The Bertz CT molecular complexity index is 810. The van der Waals surface area contributed by atoms with Crippen molar-refractivity contribution in [1.29, 1.82) is 0 Å². The smallest absolute Gasteiger partial charge is 0.265 e. The van der Waals surface area contributed by atoms with Gasteiger partial charge in [-0.15, -0.1) is 0 Å². The Labute approximate surface area is 149 Å². The lowest BCUT2D eigenvalue weighted by Gasteiger charge is -2.17. The highest BCUT2D eigenvalue weighted by Crippen LogP contribution is 2.29. The van der Waals surface area contributed by atoms with E-state index in [1.54, 1.807) is 25.1 Å². The minimum absolute atomic E-state index is 0.0899. The van der Waals surface area contributed by atoms with Crippen LogP contribution in [-0.2, 0) is 4.79 Å². The van der Waals surface area contributed by atoms with Crippen molar-refractivity contribution in [2.24, 2.45) is 0 Å². The first-order valence-electron chi connectivity index (χ1n) is 7.43. The second kappa shape index (κ2) is 7.98.